The normalized spacial score (nSPS) is 7.60. The summed E-state index contributed by atoms with van der Waals surface area (Å²) < 4.78 is 5.60. The molecule has 0 aliphatic rings. The number of nitriles is 1. The summed E-state index contributed by atoms with van der Waals surface area (Å²) in [6, 6.07) is 5.10. The third-order valence-electron chi connectivity index (χ3n) is 0.815. The lowest BCUT2D eigenvalue weighted by atomic mass is 10.4. The highest BCUT2D eigenvalue weighted by Crippen LogP contribution is 2.12. The smallest absolute Gasteiger partial charge is 0.179 e. The Balaban J connectivity index is 2.89. The highest BCUT2D eigenvalue weighted by Gasteiger charge is 1.92. The fourth-order valence-electron chi connectivity index (χ4n) is 0.471. The van der Waals surface area contributed by atoms with Gasteiger partial charge in [-0.2, -0.15) is 5.26 Å². The van der Waals surface area contributed by atoms with Crippen LogP contribution in [0.1, 0.15) is 5.76 Å². The van der Waals surface area contributed by atoms with E-state index in [1.165, 1.54) is 0 Å². The minimum absolute atomic E-state index is 0.494. The molecule has 0 N–H and O–H groups in total. The van der Waals surface area contributed by atoms with E-state index in [2.05, 4.69) is 27.8 Å². The van der Waals surface area contributed by atoms with Crippen LogP contribution in [0.15, 0.2) is 21.2 Å². The zero-order valence-electron chi connectivity index (χ0n) is 4.89. The second-order valence-electron chi connectivity index (χ2n) is 1.47. The van der Waals surface area contributed by atoms with Crippen molar-refractivity contribution in [1.82, 2.24) is 0 Å². The first-order valence-electron chi connectivity index (χ1n) is 2.48. The van der Waals surface area contributed by atoms with E-state index in [1.807, 2.05) is 0 Å². The van der Waals surface area contributed by atoms with Crippen molar-refractivity contribution in [3.8, 4) is 17.9 Å². The average molecular weight is 196 g/mol. The van der Waals surface area contributed by atoms with Gasteiger partial charge in [0.25, 0.3) is 0 Å². The number of nitrogens with zero attached hydrogens (tertiary/aromatic N) is 1. The molecule has 3 heteroatoms. The van der Waals surface area contributed by atoms with Crippen molar-refractivity contribution in [2.45, 2.75) is 0 Å². The fourth-order valence-corrected chi connectivity index (χ4v) is 0.778. The predicted octanol–water partition coefficient (Wildman–Crippen LogP) is 1.92. The summed E-state index contributed by atoms with van der Waals surface area (Å²) in [4.78, 5) is 0. The van der Waals surface area contributed by atoms with Gasteiger partial charge >= 0.3 is 0 Å². The van der Waals surface area contributed by atoms with Crippen LogP contribution in [0.2, 0.25) is 0 Å². The van der Waals surface area contributed by atoms with Gasteiger partial charge in [0, 0.05) is 5.92 Å². The molecular formula is C7H2BrNO. The van der Waals surface area contributed by atoms with Crippen LogP contribution in [0.5, 0.6) is 0 Å². The number of hydrogen-bond acceptors (Lipinski definition) is 2. The second-order valence-corrected chi connectivity index (χ2v) is 2.25. The van der Waals surface area contributed by atoms with Gasteiger partial charge in [-0.25, -0.2) is 0 Å². The fraction of sp³-hybridized carbons (Fsp3) is 0. The third kappa shape index (κ3) is 1.65. The topological polar surface area (TPSA) is 36.9 Å². The van der Waals surface area contributed by atoms with Crippen molar-refractivity contribution in [3.63, 3.8) is 0 Å². The van der Waals surface area contributed by atoms with Crippen LogP contribution in [0.25, 0.3) is 0 Å². The first kappa shape index (κ1) is 6.92. The second kappa shape index (κ2) is 3.10. The Bertz CT molecular complexity index is 323. The Labute approximate surface area is 66.6 Å². The van der Waals surface area contributed by atoms with Crippen LogP contribution >= 0.6 is 15.9 Å². The predicted molar refractivity (Wildman–Crippen MR) is 38.9 cm³/mol. The van der Waals surface area contributed by atoms with E-state index >= 15 is 0 Å². The highest BCUT2D eigenvalue weighted by molar-refractivity contribution is 9.10. The maximum Gasteiger partial charge on any atom is 0.179 e. The lowest BCUT2D eigenvalue weighted by Crippen LogP contribution is -1.60. The van der Waals surface area contributed by atoms with Crippen LogP contribution in [-0.2, 0) is 0 Å². The molecule has 1 heterocycles. The highest BCUT2D eigenvalue weighted by atomic mass is 79.9. The molecule has 0 aromatic carbocycles. The van der Waals surface area contributed by atoms with Crippen molar-refractivity contribution >= 4 is 15.9 Å². The van der Waals surface area contributed by atoms with Gasteiger partial charge in [0.15, 0.2) is 16.5 Å². The molecule has 2 nitrogen and oxygen atoms in total. The number of halogens is 1. The van der Waals surface area contributed by atoms with Gasteiger partial charge in [-0.3, -0.25) is 0 Å². The van der Waals surface area contributed by atoms with Crippen molar-refractivity contribution in [1.29, 1.82) is 5.26 Å². The van der Waals surface area contributed by atoms with Gasteiger partial charge in [-0.15, -0.1) is 0 Å². The molecule has 0 spiro atoms. The van der Waals surface area contributed by atoms with Crippen molar-refractivity contribution in [3.05, 3.63) is 22.6 Å². The van der Waals surface area contributed by atoms with Crippen LogP contribution in [-0.4, -0.2) is 0 Å². The lowest BCUT2D eigenvalue weighted by molar-refractivity contribution is 0.529. The maximum atomic E-state index is 8.06. The van der Waals surface area contributed by atoms with Crippen LogP contribution in [0, 0.1) is 23.2 Å². The van der Waals surface area contributed by atoms with E-state index in [-0.39, 0.29) is 0 Å². The molecule has 0 radical (unpaired) electrons. The van der Waals surface area contributed by atoms with Crippen molar-refractivity contribution in [2.75, 3.05) is 0 Å². The molecule has 10 heavy (non-hydrogen) atoms. The van der Waals surface area contributed by atoms with E-state index in [0.29, 0.717) is 10.4 Å². The Hall–Kier alpha value is -1.19. The Morgan fingerprint density at radius 3 is 2.80 bits per heavy atom. The van der Waals surface area contributed by atoms with Crippen LogP contribution in [0.4, 0.5) is 0 Å². The zero-order valence-corrected chi connectivity index (χ0v) is 6.47. The summed E-state index contributed by atoms with van der Waals surface area (Å²) in [5.74, 6) is 5.22. The summed E-state index contributed by atoms with van der Waals surface area (Å²) in [7, 11) is 0. The molecule has 0 atom stereocenters. The molecule has 0 aliphatic heterocycles. The Morgan fingerprint density at radius 2 is 2.30 bits per heavy atom. The van der Waals surface area contributed by atoms with Gasteiger partial charge in [-0.05, 0) is 34.0 Å². The Kier molecular flexibility index (Phi) is 2.15. The summed E-state index contributed by atoms with van der Waals surface area (Å²) in [5, 5.41) is 8.06. The minimum atomic E-state index is 0.494. The zero-order chi connectivity index (χ0) is 7.40. The molecule has 1 aromatic rings. The first-order valence-corrected chi connectivity index (χ1v) is 3.27. The number of rotatable bonds is 0. The van der Waals surface area contributed by atoms with E-state index in [9.17, 15) is 0 Å². The quantitative estimate of drug-likeness (QED) is 0.594. The SMILES string of the molecule is N#CC#Cc1ccc(Br)o1. The summed E-state index contributed by atoms with van der Waals surface area (Å²) >= 11 is 3.11. The van der Waals surface area contributed by atoms with Gasteiger partial charge in [0.1, 0.15) is 0 Å². The molecule has 0 saturated carbocycles. The van der Waals surface area contributed by atoms with Gasteiger partial charge in [0.05, 0.1) is 0 Å². The molecule has 0 fully saturated rings. The summed E-state index contributed by atoms with van der Waals surface area (Å²) in [6.45, 7) is 0. The van der Waals surface area contributed by atoms with Gasteiger partial charge in [-0.1, -0.05) is 0 Å². The summed E-state index contributed by atoms with van der Waals surface area (Å²) in [5.41, 5.74) is 0. The average Bonchev–Trinajstić information content (AvgIpc) is 2.31. The van der Waals surface area contributed by atoms with E-state index in [1.54, 1.807) is 18.2 Å². The molecule has 1 aromatic heterocycles. The molecule has 0 unspecified atom stereocenters. The molecule has 0 aliphatic carbocycles. The minimum Gasteiger partial charge on any atom is -0.441 e. The standard InChI is InChI=1S/C7H2BrNO/c8-7-4-3-6(10-7)2-1-5-9/h3-4H. The van der Waals surface area contributed by atoms with E-state index < -0.39 is 0 Å². The first-order chi connectivity index (χ1) is 4.83. The van der Waals surface area contributed by atoms with Crippen molar-refractivity contribution < 1.29 is 4.42 Å². The monoisotopic (exact) mass is 195 g/mol. The Morgan fingerprint density at radius 1 is 1.50 bits per heavy atom. The largest absolute Gasteiger partial charge is 0.441 e. The van der Waals surface area contributed by atoms with Gasteiger partial charge in [0.2, 0.25) is 0 Å². The van der Waals surface area contributed by atoms with Crippen LogP contribution in [0.3, 0.4) is 0 Å². The molecule has 48 valence electrons. The van der Waals surface area contributed by atoms with E-state index in [4.69, 9.17) is 9.68 Å². The number of furan rings is 1. The van der Waals surface area contributed by atoms with E-state index in [0.717, 1.165) is 0 Å². The van der Waals surface area contributed by atoms with Gasteiger partial charge < -0.3 is 4.42 Å². The molecular weight excluding hydrogens is 194 g/mol. The molecule has 0 amide bonds. The molecule has 1 rings (SSSR count). The van der Waals surface area contributed by atoms with Crippen LogP contribution < -0.4 is 0 Å². The lowest BCUT2D eigenvalue weighted by Gasteiger charge is -1.74. The molecule has 0 bridgehead atoms. The molecule has 0 saturated heterocycles. The van der Waals surface area contributed by atoms with Crippen molar-refractivity contribution in [2.24, 2.45) is 0 Å². The number of hydrogen-bond donors (Lipinski definition) is 0. The third-order valence-corrected chi connectivity index (χ3v) is 1.24. The maximum absolute atomic E-state index is 8.06. The summed E-state index contributed by atoms with van der Waals surface area (Å²) in [6.07, 6.45) is 0.